The van der Waals surface area contributed by atoms with Gasteiger partial charge in [0.1, 0.15) is 11.6 Å². The van der Waals surface area contributed by atoms with E-state index in [1.165, 1.54) is 0 Å². The maximum absolute atomic E-state index is 11.9. The fourth-order valence-corrected chi connectivity index (χ4v) is 2.74. The van der Waals surface area contributed by atoms with Crippen molar-refractivity contribution in [1.29, 1.82) is 0 Å². The minimum atomic E-state index is -0.213. The molecule has 0 saturated carbocycles. The number of aromatic amines is 1. The van der Waals surface area contributed by atoms with Crippen LogP contribution in [0.25, 0.3) is 11.0 Å². The zero-order chi connectivity index (χ0) is 17.8. The number of halogens is 2. The number of nitrogens with one attached hydrogen (secondary N) is 2. The highest BCUT2D eigenvalue weighted by atomic mass is 35.5. The minimum absolute atomic E-state index is 0.0847. The monoisotopic (exact) mass is 377 g/mol. The van der Waals surface area contributed by atoms with E-state index in [1.807, 2.05) is 19.1 Å². The fourth-order valence-electron chi connectivity index (χ4n) is 2.39. The van der Waals surface area contributed by atoms with Crippen LogP contribution >= 0.6 is 23.2 Å². The van der Waals surface area contributed by atoms with E-state index >= 15 is 0 Å². The maximum atomic E-state index is 11.9. The van der Waals surface area contributed by atoms with Crippen molar-refractivity contribution in [3.63, 3.8) is 0 Å². The van der Waals surface area contributed by atoms with Crippen LogP contribution in [0.15, 0.2) is 36.4 Å². The summed E-state index contributed by atoms with van der Waals surface area (Å²) in [6, 6.07) is 10.8. The number of aryl methyl sites for hydroxylation is 1. The first kappa shape index (κ1) is 17.6. The Labute approximate surface area is 155 Å². The quantitative estimate of drug-likeness (QED) is 0.683. The Morgan fingerprint density at radius 2 is 2.04 bits per heavy atom. The summed E-state index contributed by atoms with van der Waals surface area (Å²) in [5, 5.41) is 3.96. The SMILES string of the molecule is Cc1cc2[nH]c(CCNC(=O)COc3ccccc3Cl)nc2cc1Cl. The van der Waals surface area contributed by atoms with Crippen LogP contribution in [0, 0.1) is 6.92 Å². The molecule has 0 saturated heterocycles. The topological polar surface area (TPSA) is 67.0 Å². The Morgan fingerprint density at radius 3 is 2.84 bits per heavy atom. The summed E-state index contributed by atoms with van der Waals surface area (Å²) in [5.41, 5.74) is 2.75. The minimum Gasteiger partial charge on any atom is -0.482 e. The van der Waals surface area contributed by atoms with E-state index in [9.17, 15) is 4.79 Å². The van der Waals surface area contributed by atoms with Gasteiger partial charge in [-0.2, -0.15) is 0 Å². The molecule has 7 heteroatoms. The second-order valence-corrected chi connectivity index (χ2v) is 6.44. The van der Waals surface area contributed by atoms with E-state index in [0.717, 1.165) is 22.4 Å². The molecule has 5 nitrogen and oxygen atoms in total. The van der Waals surface area contributed by atoms with Gasteiger partial charge in [-0.25, -0.2) is 4.98 Å². The number of aromatic nitrogens is 2. The molecule has 0 fully saturated rings. The van der Waals surface area contributed by atoms with Crippen LogP contribution in [0.2, 0.25) is 10.0 Å². The summed E-state index contributed by atoms with van der Waals surface area (Å²) in [6.45, 7) is 2.32. The summed E-state index contributed by atoms with van der Waals surface area (Å²) < 4.78 is 5.39. The van der Waals surface area contributed by atoms with Crippen molar-refractivity contribution < 1.29 is 9.53 Å². The van der Waals surface area contributed by atoms with E-state index in [1.54, 1.807) is 24.3 Å². The summed E-state index contributed by atoms with van der Waals surface area (Å²) in [6.07, 6.45) is 0.586. The molecule has 1 aromatic heterocycles. The van der Waals surface area contributed by atoms with Crippen LogP contribution < -0.4 is 10.1 Å². The van der Waals surface area contributed by atoms with Gasteiger partial charge in [-0.05, 0) is 36.8 Å². The van der Waals surface area contributed by atoms with Crippen molar-refractivity contribution in [1.82, 2.24) is 15.3 Å². The van der Waals surface area contributed by atoms with Gasteiger partial charge < -0.3 is 15.0 Å². The van der Waals surface area contributed by atoms with E-state index < -0.39 is 0 Å². The number of amides is 1. The van der Waals surface area contributed by atoms with Gasteiger partial charge in [-0.15, -0.1) is 0 Å². The molecule has 0 atom stereocenters. The molecule has 2 N–H and O–H groups in total. The first-order valence-corrected chi connectivity index (χ1v) is 8.57. The molecule has 2 aromatic carbocycles. The van der Waals surface area contributed by atoms with Crippen molar-refractivity contribution in [3.8, 4) is 5.75 Å². The number of imidazole rings is 1. The number of carbonyl (C=O) groups is 1. The summed E-state index contributed by atoms with van der Waals surface area (Å²) >= 11 is 12.1. The molecule has 0 spiro atoms. The largest absolute Gasteiger partial charge is 0.482 e. The molecule has 0 unspecified atom stereocenters. The highest BCUT2D eigenvalue weighted by Crippen LogP contribution is 2.23. The lowest BCUT2D eigenvalue weighted by Crippen LogP contribution is -2.30. The van der Waals surface area contributed by atoms with Crippen LogP contribution in [0.1, 0.15) is 11.4 Å². The number of fused-ring (bicyclic) bond motifs is 1. The van der Waals surface area contributed by atoms with Crippen molar-refractivity contribution in [2.45, 2.75) is 13.3 Å². The third kappa shape index (κ3) is 4.44. The number of rotatable bonds is 6. The van der Waals surface area contributed by atoms with Gasteiger partial charge in [0, 0.05) is 18.0 Å². The first-order chi connectivity index (χ1) is 12.0. The second-order valence-electron chi connectivity index (χ2n) is 5.62. The second kappa shape index (κ2) is 7.76. The zero-order valence-electron chi connectivity index (χ0n) is 13.6. The molecule has 1 heterocycles. The molecule has 3 rings (SSSR count). The average Bonchev–Trinajstić information content (AvgIpc) is 2.96. The molecule has 0 aliphatic carbocycles. The Morgan fingerprint density at radius 1 is 1.24 bits per heavy atom. The molecular weight excluding hydrogens is 361 g/mol. The molecule has 0 aliphatic heterocycles. The van der Waals surface area contributed by atoms with Crippen LogP contribution in [0.3, 0.4) is 0 Å². The van der Waals surface area contributed by atoms with E-state index in [-0.39, 0.29) is 12.5 Å². The number of benzene rings is 2. The highest BCUT2D eigenvalue weighted by molar-refractivity contribution is 6.32. The lowest BCUT2D eigenvalue weighted by molar-refractivity contribution is -0.123. The predicted octanol–water partition coefficient (Wildman–Crippen LogP) is 3.92. The normalized spacial score (nSPS) is 10.8. The number of nitrogens with zero attached hydrogens (tertiary/aromatic N) is 1. The van der Waals surface area contributed by atoms with E-state index in [4.69, 9.17) is 27.9 Å². The average molecular weight is 378 g/mol. The molecule has 3 aromatic rings. The van der Waals surface area contributed by atoms with Gasteiger partial charge in [0.2, 0.25) is 0 Å². The third-order valence-electron chi connectivity index (χ3n) is 3.69. The molecule has 25 heavy (non-hydrogen) atoms. The van der Waals surface area contributed by atoms with E-state index in [0.29, 0.717) is 28.8 Å². The van der Waals surface area contributed by atoms with Crippen LogP contribution in [0.4, 0.5) is 0 Å². The highest BCUT2D eigenvalue weighted by Gasteiger charge is 2.08. The van der Waals surface area contributed by atoms with Gasteiger partial charge >= 0.3 is 0 Å². The summed E-state index contributed by atoms with van der Waals surface area (Å²) in [4.78, 5) is 19.6. The van der Waals surface area contributed by atoms with Gasteiger partial charge in [-0.1, -0.05) is 35.3 Å². The lowest BCUT2D eigenvalue weighted by Gasteiger charge is -2.08. The van der Waals surface area contributed by atoms with Crippen molar-refractivity contribution >= 4 is 40.1 Å². The Balaban J connectivity index is 1.49. The molecular formula is C18H17Cl2N3O2. The third-order valence-corrected chi connectivity index (χ3v) is 4.41. The maximum Gasteiger partial charge on any atom is 0.257 e. The van der Waals surface area contributed by atoms with Crippen molar-refractivity contribution in [2.75, 3.05) is 13.2 Å². The van der Waals surface area contributed by atoms with Crippen molar-refractivity contribution in [2.24, 2.45) is 0 Å². The zero-order valence-corrected chi connectivity index (χ0v) is 15.1. The van der Waals surface area contributed by atoms with Crippen molar-refractivity contribution in [3.05, 3.63) is 57.8 Å². The van der Waals surface area contributed by atoms with Gasteiger partial charge in [-0.3, -0.25) is 4.79 Å². The molecule has 0 aliphatic rings. The molecule has 130 valence electrons. The van der Waals surface area contributed by atoms with Crippen LogP contribution in [-0.4, -0.2) is 29.0 Å². The van der Waals surface area contributed by atoms with Crippen LogP contribution in [-0.2, 0) is 11.2 Å². The van der Waals surface area contributed by atoms with E-state index in [2.05, 4.69) is 15.3 Å². The number of hydrogen-bond donors (Lipinski definition) is 2. The Kier molecular flexibility index (Phi) is 5.46. The fraction of sp³-hybridized carbons (Fsp3) is 0.222. The molecule has 0 radical (unpaired) electrons. The smallest absolute Gasteiger partial charge is 0.257 e. The number of ether oxygens (including phenoxy) is 1. The predicted molar refractivity (Wildman–Crippen MR) is 99.5 cm³/mol. The van der Waals surface area contributed by atoms with Gasteiger partial charge in [0.05, 0.1) is 16.1 Å². The summed E-state index contributed by atoms with van der Waals surface area (Å²) in [7, 11) is 0. The molecule has 0 bridgehead atoms. The Hall–Kier alpha value is -2.24. The Bertz CT molecular complexity index is 869. The number of H-pyrrole nitrogens is 1. The number of hydrogen-bond acceptors (Lipinski definition) is 3. The van der Waals surface area contributed by atoms with Gasteiger partial charge in [0.25, 0.3) is 5.91 Å². The molecule has 1 amide bonds. The first-order valence-electron chi connectivity index (χ1n) is 7.81. The number of carbonyl (C=O) groups excluding carboxylic acids is 1. The summed E-state index contributed by atoms with van der Waals surface area (Å²) in [5.74, 6) is 1.07. The van der Waals surface area contributed by atoms with Crippen LogP contribution in [0.5, 0.6) is 5.75 Å². The standard InChI is InChI=1S/C18H17Cl2N3O2/c1-11-8-14-15(9-13(11)20)23-17(22-14)6-7-21-18(24)10-25-16-5-3-2-4-12(16)19/h2-5,8-9H,6-7,10H2,1H3,(H,21,24)(H,22,23). The number of para-hydroxylation sites is 1. The lowest BCUT2D eigenvalue weighted by atomic mass is 10.2. The van der Waals surface area contributed by atoms with Gasteiger partial charge in [0.15, 0.2) is 6.61 Å².